The molecule has 1 saturated heterocycles. The molecule has 6 heterocycles. The van der Waals surface area contributed by atoms with Gasteiger partial charge in [-0.2, -0.15) is 0 Å². The van der Waals surface area contributed by atoms with Crippen molar-refractivity contribution in [3.05, 3.63) is 257 Å². The van der Waals surface area contributed by atoms with Gasteiger partial charge in [-0.3, -0.25) is 26.6 Å². The molecule has 0 radical (unpaired) electrons. The Morgan fingerprint density at radius 2 is 1.22 bits per heavy atom. The van der Waals surface area contributed by atoms with Crippen molar-refractivity contribution in [3.8, 4) is 0 Å². The van der Waals surface area contributed by atoms with Crippen LogP contribution in [0.1, 0.15) is 71.7 Å². The first kappa shape index (κ1) is 44.6. The van der Waals surface area contributed by atoms with Crippen LogP contribution in [0.5, 0.6) is 0 Å². The van der Waals surface area contributed by atoms with Gasteiger partial charge in [0.1, 0.15) is 36.7 Å². The van der Waals surface area contributed by atoms with Crippen molar-refractivity contribution in [1.29, 1.82) is 0 Å². The third kappa shape index (κ3) is 8.17. The SMILES string of the molecule is C1=CC2=C(CC1)N(C1C=CNC(C3=NC(c4ccccc4)=NC(c4ccccc4)N3)N1)C1=CC=C(c3ccc4c(c3)c3ccccc3n4C3C=CNC(C4NC(c5ccccc5)NC(c5ccccc5)N4)N3)CC12. The highest BCUT2D eigenvalue weighted by Crippen LogP contribution is 2.49. The minimum absolute atomic E-state index is 0.0555. The third-order valence-electron chi connectivity index (χ3n) is 15.6. The van der Waals surface area contributed by atoms with Gasteiger partial charge in [-0.1, -0.05) is 164 Å². The minimum Gasteiger partial charge on any atom is -0.373 e. The Morgan fingerprint density at radius 1 is 0.541 bits per heavy atom. The zero-order chi connectivity index (χ0) is 49.0. The lowest BCUT2D eigenvalue weighted by atomic mass is 9.83. The summed E-state index contributed by atoms with van der Waals surface area (Å²) in [6, 6.07) is 57.9. The van der Waals surface area contributed by atoms with Gasteiger partial charge in [0, 0.05) is 33.6 Å². The van der Waals surface area contributed by atoms with Crippen LogP contribution in [0.2, 0.25) is 0 Å². The van der Waals surface area contributed by atoms with Crippen LogP contribution in [-0.2, 0) is 0 Å². The Kier molecular flexibility index (Phi) is 11.5. The number of rotatable bonds is 9. The third-order valence-corrected chi connectivity index (χ3v) is 15.6. The highest BCUT2D eigenvalue weighted by Gasteiger charge is 2.42. The van der Waals surface area contributed by atoms with E-state index < -0.39 is 0 Å². The average Bonchev–Trinajstić information content (AvgIpc) is 4.00. The molecule has 5 aliphatic heterocycles. The van der Waals surface area contributed by atoms with E-state index in [9.17, 15) is 0 Å². The van der Waals surface area contributed by atoms with Crippen LogP contribution >= 0.6 is 0 Å². The molecule has 366 valence electrons. The summed E-state index contributed by atoms with van der Waals surface area (Å²) in [5.74, 6) is 1.77. The number of aromatic nitrogens is 1. The fourth-order valence-corrected chi connectivity index (χ4v) is 12.1. The lowest BCUT2D eigenvalue weighted by Crippen LogP contribution is -2.69. The van der Waals surface area contributed by atoms with E-state index in [4.69, 9.17) is 9.98 Å². The predicted molar refractivity (Wildman–Crippen MR) is 296 cm³/mol. The second kappa shape index (κ2) is 19.1. The van der Waals surface area contributed by atoms with Gasteiger partial charge in [-0.15, -0.1) is 0 Å². The lowest BCUT2D eigenvalue weighted by Gasteiger charge is -2.44. The normalized spacial score (nSPS) is 27.3. The van der Waals surface area contributed by atoms with Crippen molar-refractivity contribution >= 4 is 39.1 Å². The molecule has 0 bridgehead atoms. The van der Waals surface area contributed by atoms with E-state index in [1.165, 1.54) is 61.0 Å². The second-order valence-electron chi connectivity index (χ2n) is 20.0. The quantitative estimate of drug-likeness (QED) is 0.0714. The van der Waals surface area contributed by atoms with Gasteiger partial charge in [-0.25, -0.2) is 9.98 Å². The Morgan fingerprint density at radius 3 is 1.99 bits per heavy atom. The van der Waals surface area contributed by atoms with Crippen LogP contribution in [-0.4, -0.2) is 45.8 Å². The number of allylic oxidation sites excluding steroid dienone is 7. The van der Waals surface area contributed by atoms with Crippen LogP contribution in [0.4, 0.5) is 0 Å². The van der Waals surface area contributed by atoms with Gasteiger partial charge >= 0.3 is 0 Å². The summed E-state index contributed by atoms with van der Waals surface area (Å²) in [6.45, 7) is 0. The summed E-state index contributed by atoms with van der Waals surface area (Å²) in [7, 11) is 0. The van der Waals surface area contributed by atoms with Crippen molar-refractivity contribution in [2.45, 2.75) is 68.6 Å². The topological polar surface area (TPSA) is 129 Å². The summed E-state index contributed by atoms with van der Waals surface area (Å²) in [5, 5.41) is 32.9. The molecule has 8 atom stereocenters. The highest BCUT2D eigenvalue weighted by atomic mass is 15.4. The molecule has 1 fully saturated rings. The summed E-state index contributed by atoms with van der Waals surface area (Å²) >= 11 is 0. The average molecular weight is 971 g/mol. The lowest BCUT2D eigenvalue weighted by molar-refractivity contribution is 0.147. The summed E-state index contributed by atoms with van der Waals surface area (Å²) in [5.41, 5.74) is 13.6. The molecule has 1 aromatic heterocycles. The molecular weight excluding hydrogens is 913 g/mol. The van der Waals surface area contributed by atoms with E-state index in [0.717, 1.165) is 36.2 Å². The van der Waals surface area contributed by atoms with E-state index in [1.54, 1.807) is 0 Å². The number of benzene rings is 6. The Hall–Kier alpha value is -8.10. The molecule has 6 aromatic carbocycles. The zero-order valence-electron chi connectivity index (χ0n) is 40.8. The predicted octanol–water partition coefficient (Wildman–Crippen LogP) is 9.54. The van der Waals surface area contributed by atoms with E-state index in [2.05, 4.69) is 240 Å². The van der Waals surface area contributed by atoms with E-state index in [0.29, 0.717) is 5.84 Å². The second-order valence-corrected chi connectivity index (χ2v) is 20.0. The monoisotopic (exact) mass is 970 g/mol. The molecule has 8 N–H and O–H groups in total. The number of hydrogen-bond donors (Lipinski definition) is 8. The molecule has 0 saturated carbocycles. The number of nitrogens with one attached hydrogen (secondary N) is 8. The van der Waals surface area contributed by atoms with Gasteiger partial charge in [0.15, 0.2) is 5.84 Å². The van der Waals surface area contributed by atoms with Gasteiger partial charge in [0.05, 0.1) is 29.5 Å². The van der Waals surface area contributed by atoms with Gasteiger partial charge in [-0.05, 0) is 101 Å². The van der Waals surface area contributed by atoms with Gasteiger partial charge in [0.2, 0.25) is 0 Å². The molecule has 7 aliphatic rings. The molecule has 12 nitrogen and oxygen atoms in total. The fourth-order valence-electron chi connectivity index (χ4n) is 12.1. The maximum atomic E-state index is 5.15. The van der Waals surface area contributed by atoms with Crippen molar-refractivity contribution in [2.24, 2.45) is 15.9 Å². The molecule has 8 unspecified atom stereocenters. The summed E-state index contributed by atoms with van der Waals surface area (Å²) in [6.07, 6.45) is 20.0. The van der Waals surface area contributed by atoms with Gasteiger partial charge < -0.3 is 25.4 Å². The number of aliphatic imine (C=N–C) groups is 2. The Labute approximate surface area is 431 Å². The first-order chi connectivity index (χ1) is 36.7. The number of nitrogens with zero attached hydrogens (tertiary/aromatic N) is 4. The fraction of sp³-hybridized carbons (Fsp3) is 0.194. The largest absolute Gasteiger partial charge is 0.373 e. The molecule has 74 heavy (non-hydrogen) atoms. The molecule has 0 spiro atoms. The van der Waals surface area contributed by atoms with Crippen molar-refractivity contribution in [1.82, 2.24) is 52.0 Å². The van der Waals surface area contributed by atoms with E-state index in [-0.39, 0.29) is 55.2 Å². The summed E-state index contributed by atoms with van der Waals surface area (Å²) < 4.78 is 2.47. The minimum atomic E-state index is -0.270. The number of hydrogen-bond acceptors (Lipinski definition) is 11. The number of amidine groups is 2. The highest BCUT2D eigenvalue weighted by molar-refractivity contribution is 6.10. The molecule has 12 heteroatoms. The van der Waals surface area contributed by atoms with Crippen molar-refractivity contribution in [2.75, 3.05) is 0 Å². The van der Waals surface area contributed by atoms with E-state index >= 15 is 0 Å². The van der Waals surface area contributed by atoms with Crippen LogP contribution < -0.4 is 42.5 Å². The smallest absolute Gasteiger partial charge is 0.159 e. The number of fused-ring (bicyclic) bond motifs is 5. The molecule has 7 aromatic rings. The standard InChI is InChI=1S/C62H58N12/c1-5-17-39(18-6-1)55-67-56(40-19-7-2-8-20-40)70-61(69-55)59-63-35-33-53(65-59)73-49-27-15-13-25-45(49)47-37-43(29-31-51(47)73)44-30-32-52-48(38-44)46-26-14-16-28-50(46)74(52)54-34-36-64-60(66-54)62-71-57(41-21-9-3-10-22-41)68-58(72-62)42-23-11-4-12-24-42/h1-15,17-27,29-37,48,53-57,59-61,63-67,69-70H,16,28,38H2,(H,68,71,72). The van der Waals surface area contributed by atoms with Crippen LogP contribution in [0.25, 0.3) is 27.4 Å². The first-order valence-electron chi connectivity index (χ1n) is 26.1. The first-order valence-corrected chi connectivity index (χ1v) is 26.1. The Balaban J connectivity index is 0.748. The zero-order valence-corrected chi connectivity index (χ0v) is 40.8. The summed E-state index contributed by atoms with van der Waals surface area (Å²) in [4.78, 5) is 12.8. The van der Waals surface area contributed by atoms with Crippen LogP contribution in [0.3, 0.4) is 0 Å². The van der Waals surface area contributed by atoms with Crippen LogP contribution in [0.15, 0.2) is 240 Å². The molecule has 14 rings (SSSR count). The van der Waals surface area contributed by atoms with Crippen LogP contribution in [0, 0.1) is 5.92 Å². The van der Waals surface area contributed by atoms with Crippen molar-refractivity contribution in [3.63, 3.8) is 0 Å². The molecular formula is C62H58N12. The maximum Gasteiger partial charge on any atom is 0.159 e. The maximum absolute atomic E-state index is 5.15. The Bertz CT molecular complexity index is 3450. The number of para-hydroxylation sites is 1. The molecule has 0 amide bonds. The van der Waals surface area contributed by atoms with Crippen molar-refractivity contribution < 1.29 is 0 Å². The van der Waals surface area contributed by atoms with E-state index in [1.807, 2.05) is 24.3 Å². The molecule has 2 aliphatic carbocycles. The van der Waals surface area contributed by atoms with Gasteiger partial charge in [0.25, 0.3) is 0 Å².